The molecule has 2 fully saturated rings. The molecule has 0 aromatic rings. The molecule has 2 aliphatic rings. The fourth-order valence-electron chi connectivity index (χ4n) is 2.65. The fraction of sp³-hybridized carbons (Fsp3) is 0.929. The van der Waals surface area contributed by atoms with E-state index >= 15 is 0 Å². The molecule has 0 aromatic heterocycles. The quantitative estimate of drug-likeness (QED) is 0.622. The molecule has 0 saturated carbocycles. The van der Waals surface area contributed by atoms with Crippen molar-refractivity contribution in [2.75, 3.05) is 39.5 Å². The van der Waals surface area contributed by atoms with Gasteiger partial charge >= 0.3 is 0 Å². The molecule has 6 heteroatoms. The summed E-state index contributed by atoms with van der Waals surface area (Å²) in [6.07, 6.45) is 2.18. The molecule has 2 aliphatic heterocycles. The van der Waals surface area contributed by atoms with Crippen LogP contribution in [0.1, 0.15) is 26.2 Å². The van der Waals surface area contributed by atoms with Crippen LogP contribution in [-0.4, -0.2) is 62.2 Å². The number of rotatable bonds is 6. The maximum absolute atomic E-state index is 12.2. The Balaban J connectivity index is 1.78. The summed E-state index contributed by atoms with van der Waals surface area (Å²) in [5.74, 6) is -0.194. The van der Waals surface area contributed by atoms with Crippen LogP contribution in [0.4, 0.5) is 0 Å². The van der Waals surface area contributed by atoms with Crippen molar-refractivity contribution in [3.05, 3.63) is 0 Å². The predicted octanol–water partition coefficient (Wildman–Crippen LogP) is -0.341. The minimum atomic E-state index is -0.820. The average molecular weight is 286 g/mol. The lowest BCUT2D eigenvalue weighted by atomic mass is 9.94. The molecule has 116 valence electrons. The predicted molar refractivity (Wildman–Crippen MR) is 74.4 cm³/mol. The molecule has 20 heavy (non-hydrogen) atoms. The first-order chi connectivity index (χ1) is 9.64. The summed E-state index contributed by atoms with van der Waals surface area (Å²) in [6.45, 7) is 5.42. The van der Waals surface area contributed by atoms with Crippen molar-refractivity contribution in [3.63, 3.8) is 0 Å². The molecule has 0 aromatic carbocycles. The molecule has 2 heterocycles. The molecule has 2 atom stereocenters. The first-order valence-corrected chi connectivity index (χ1v) is 7.53. The van der Waals surface area contributed by atoms with Crippen LogP contribution < -0.4 is 10.6 Å². The third-order valence-electron chi connectivity index (χ3n) is 4.09. The van der Waals surface area contributed by atoms with Crippen LogP contribution in [-0.2, 0) is 14.3 Å². The summed E-state index contributed by atoms with van der Waals surface area (Å²) >= 11 is 0. The van der Waals surface area contributed by atoms with Crippen LogP contribution in [0.5, 0.6) is 0 Å². The van der Waals surface area contributed by atoms with E-state index in [1.54, 1.807) is 0 Å². The van der Waals surface area contributed by atoms with E-state index in [-0.39, 0.29) is 17.9 Å². The Morgan fingerprint density at radius 3 is 2.75 bits per heavy atom. The summed E-state index contributed by atoms with van der Waals surface area (Å²) in [4.78, 5) is 12.2. The lowest BCUT2D eigenvalue weighted by Gasteiger charge is -2.32. The topological polar surface area (TPSA) is 79.8 Å². The summed E-state index contributed by atoms with van der Waals surface area (Å²) in [5.41, 5.74) is -0.820. The van der Waals surface area contributed by atoms with Gasteiger partial charge in [-0.2, -0.15) is 0 Å². The largest absolute Gasteiger partial charge is 0.388 e. The maximum Gasteiger partial charge on any atom is 0.227 e. The van der Waals surface area contributed by atoms with E-state index in [1.165, 1.54) is 0 Å². The lowest BCUT2D eigenvalue weighted by molar-refractivity contribution is -0.128. The van der Waals surface area contributed by atoms with Gasteiger partial charge < -0.3 is 25.2 Å². The summed E-state index contributed by atoms with van der Waals surface area (Å²) in [7, 11) is 0. The number of carbonyl (C=O) groups excluding carboxylic acids is 1. The number of ether oxygens (including phenoxy) is 2. The smallest absolute Gasteiger partial charge is 0.227 e. The number of nitrogens with one attached hydrogen (secondary N) is 2. The molecule has 0 spiro atoms. The Hall–Kier alpha value is -0.690. The lowest BCUT2D eigenvalue weighted by Crippen LogP contribution is -2.50. The van der Waals surface area contributed by atoms with Gasteiger partial charge in [0.2, 0.25) is 5.91 Å². The van der Waals surface area contributed by atoms with E-state index in [0.29, 0.717) is 45.8 Å². The van der Waals surface area contributed by atoms with Gasteiger partial charge in [-0.1, -0.05) is 6.92 Å². The number of hydrogen-bond acceptors (Lipinski definition) is 5. The van der Waals surface area contributed by atoms with E-state index in [4.69, 9.17) is 9.47 Å². The molecule has 1 amide bonds. The van der Waals surface area contributed by atoms with Crippen LogP contribution in [0, 0.1) is 5.92 Å². The van der Waals surface area contributed by atoms with Crippen molar-refractivity contribution in [2.45, 2.75) is 37.8 Å². The Morgan fingerprint density at radius 2 is 2.05 bits per heavy atom. The second-order valence-electron chi connectivity index (χ2n) is 5.76. The van der Waals surface area contributed by atoms with Gasteiger partial charge in [-0.05, 0) is 13.0 Å². The summed E-state index contributed by atoms with van der Waals surface area (Å²) < 4.78 is 10.6. The van der Waals surface area contributed by atoms with Crippen molar-refractivity contribution in [1.29, 1.82) is 0 Å². The van der Waals surface area contributed by atoms with Gasteiger partial charge in [-0.15, -0.1) is 0 Å². The molecule has 3 N–H and O–H groups in total. The number of aliphatic hydroxyl groups is 1. The zero-order chi connectivity index (χ0) is 14.4. The molecule has 2 rings (SSSR count). The van der Waals surface area contributed by atoms with E-state index < -0.39 is 5.60 Å². The SMILES string of the molecule is CCCNC1COCC1C(=O)NCC1(O)CCOCC1. The van der Waals surface area contributed by atoms with Gasteiger partial charge in [-0.25, -0.2) is 0 Å². The standard InChI is InChI=1S/C14H26N2O4/c1-2-5-15-12-9-20-8-11(12)13(17)16-10-14(18)3-6-19-7-4-14/h11-12,15,18H,2-10H2,1H3,(H,16,17). The second-order valence-corrected chi connectivity index (χ2v) is 5.76. The minimum Gasteiger partial charge on any atom is -0.388 e. The van der Waals surface area contributed by atoms with Crippen LogP contribution in [0.2, 0.25) is 0 Å². The molecule has 2 saturated heterocycles. The number of hydrogen-bond donors (Lipinski definition) is 3. The zero-order valence-corrected chi connectivity index (χ0v) is 12.2. The third kappa shape index (κ3) is 4.15. The van der Waals surface area contributed by atoms with Crippen molar-refractivity contribution in [1.82, 2.24) is 10.6 Å². The van der Waals surface area contributed by atoms with Crippen molar-refractivity contribution >= 4 is 5.91 Å². The molecular formula is C14H26N2O4. The molecule has 6 nitrogen and oxygen atoms in total. The summed E-state index contributed by atoms with van der Waals surface area (Å²) in [6, 6.07) is 0.0827. The van der Waals surface area contributed by atoms with Gasteiger partial charge in [0.05, 0.1) is 24.7 Å². The second kappa shape index (κ2) is 7.36. The van der Waals surface area contributed by atoms with Crippen LogP contribution in [0.3, 0.4) is 0 Å². The highest BCUT2D eigenvalue weighted by atomic mass is 16.5. The highest BCUT2D eigenvalue weighted by Gasteiger charge is 2.36. The van der Waals surface area contributed by atoms with Gasteiger partial charge in [-0.3, -0.25) is 4.79 Å². The Labute approximate surface area is 120 Å². The number of carbonyl (C=O) groups is 1. The number of amides is 1. The molecule has 0 radical (unpaired) electrons. The zero-order valence-electron chi connectivity index (χ0n) is 12.2. The van der Waals surface area contributed by atoms with Gasteiger partial charge in [0.25, 0.3) is 0 Å². The third-order valence-corrected chi connectivity index (χ3v) is 4.09. The van der Waals surface area contributed by atoms with Crippen LogP contribution >= 0.6 is 0 Å². The maximum atomic E-state index is 12.2. The Bertz CT molecular complexity index is 318. The first kappa shape index (κ1) is 15.7. The normalized spacial score (nSPS) is 29.3. The van der Waals surface area contributed by atoms with Gasteiger partial charge in [0, 0.05) is 38.6 Å². The molecule has 0 bridgehead atoms. The summed E-state index contributed by atoms with van der Waals surface area (Å²) in [5, 5.41) is 16.5. The molecule has 2 unspecified atom stereocenters. The Kier molecular flexibility index (Phi) is 5.77. The van der Waals surface area contributed by atoms with E-state index in [1.807, 2.05) is 0 Å². The van der Waals surface area contributed by atoms with Crippen molar-refractivity contribution in [3.8, 4) is 0 Å². The highest BCUT2D eigenvalue weighted by molar-refractivity contribution is 5.80. The van der Waals surface area contributed by atoms with Crippen LogP contribution in [0.15, 0.2) is 0 Å². The van der Waals surface area contributed by atoms with Gasteiger partial charge in [0.15, 0.2) is 0 Å². The monoisotopic (exact) mass is 286 g/mol. The van der Waals surface area contributed by atoms with Crippen molar-refractivity contribution < 1.29 is 19.4 Å². The van der Waals surface area contributed by atoms with Crippen molar-refractivity contribution in [2.24, 2.45) is 5.92 Å². The average Bonchev–Trinajstić information content (AvgIpc) is 2.92. The van der Waals surface area contributed by atoms with Crippen LogP contribution in [0.25, 0.3) is 0 Å². The van der Waals surface area contributed by atoms with Gasteiger partial charge in [0.1, 0.15) is 0 Å². The minimum absolute atomic E-state index is 0.0315. The van der Waals surface area contributed by atoms with E-state index in [9.17, 15) is 9.90 Å². The van der Waals surface area contributed by atoms with E-state index in [2.05, 4.69) is 17.6 Å². The highest BCUT2D eigenvalue weighted by Crippen LogP contribution is 2.20. The fourth-order valence-corrected chi connectivity index (χ4v) is 2.65. The first-order valence-electron chi connectivity index (χ1n) is 7.53. The molecular weight excluding hydrogens is 260 g/mol. The molecule has 0 aliphatic carbocycles. The Morgan fingerprint density at radius 1 is 1.30 bits per heavy atom. The van der Waals surface area contributed by atoms with E-state index in [0.717, 1.165) is 13.0 Å².